The molecule has 2 aromatic carbocycles. The predicted octanol–water partition coefficient (Wildman–Crippen LogP) is 4.78. The first-order valence-corrected chi connectivity index (χ1v) is 11.6. The molecule has 2 N–H and O–H groups in total. The van der Waals surface area contributed by atoms with Crippen molar-refractivity contribution in [3.8, 4) is 5.75 Å². The molecule has 0 fully saturated rings. The van der Waals surface area contributed by atoms with Crippen molar-refractivity contribution in [3.05, 3.63) is 77.0 Å². The van der Waals surface area contributed by atoms with Gasteiger partial charge in [-0.3, -0.25) is 9.69 Å². The fraction of sp³-hybridized carbons (Fsp3) is 0.240. The number of ether oxygens (including phenoxy) is 1. The lowest BCUT2D eigenvalue weighted by Gasteiger charge is -2.30. The van der Waals surface area contributed by atoms with Crippen molar-refractivity contribution < 1.29 is 14.3 Å². The summed E-state index contributed by atoms with van der Waals surface area (Å²) in [4.78, 5) is 32.1. The van der Waals surface area contributed by atoms with Gasteiger partial charge < -0.3 is 15.4 Å². The third kappa shape index (κ3) is 5.28. The number of aromatic nitrogens is 1. The zero-order valence-corrected chi connectivity index (χ0v) is 19.7. The number of aryl methyl sites for hydroxylation is 2. The van der Waals surface area contributed by atoms with Gasteiger partial charge >= 0.3 is 6.03 Å². The summed E-state index contributed by atoms with van der Waals surface area (Å²) in [5.74, 6) is 1.30. The monoisotopic (exact) mass is 462 g/mol. The Morgan fingerprint density at radius 3 is 2.76 bits per heavy atom. The number of carbonyl (C=O) groups excluding carboxylic acids is 2. The highest BCUT2D eigenvalue weighted by molar-refractivity contribution is 7.99. The van der Waals surface area contributed by atoms with E-state index in [4.69, 9.17) is 4.74 Å². The van der Waals surface area contributed by atoms with Gasteiger partial charge in [0.25, 0.3) is 5.91 Å². The fourth-order valence-electron chi connectivity index (χ4n) is 3.77. The molecule has 0 spiro atoms. The van der Waals surface area contributed by atoms with E-state index in [1.807, 2.05) is 44.2 Å². The van der Waals surface area contributed by atoms with Gasteiger partial charge in [-0.1, -0.05) is 18.2 Å². The minimum absolute atomic E-state index is 0.218. The second-order valence-corrected chi connectivity index (χ2v) is 8.86. The van der Waals surface area contributed by atoms with Gasteiger partial charge in [0.05, 0.1) is 12.8 Å². The van der Waals surface area contributed by atoms with Crippen LogP contribution in [-0.2, 0) is 6.54 Å². The van der Waals surface area contributed by atoms with Crippen molar-refractivity contribution in [1.29, 1.82) is 0 Å². The lowest BCUT2D eigenvalue weighted by molar-refractivity contribution is 0.0951. The summed E-state index contributed by atoms with van der Waals surface area (Å²) in [5.41, 5.74) is 4.78. The van der Waals surface area contributed by atoms with Crippen LogP contribution >= 0.6 is 11.8 Å². The Morgan fingerprint density at radius 2 is 1.94 bits per heavy atom. The summed E-state index contributed by atoms with van der Waals surface area (Å²) >= 11 is 1.66. The first-order chi connectivity index (χ1) is 15.9. The number of anilines is 2. The number of urea groups is 1. The van der Waals surface area contributed by atoms with Crippen molar-refractivity contribution in [1.82, 2.24) is 10.3 Å². The van der Waals surface area contributed by atoms with Crippen molar-refractivity contribution >= 4 is 35.1 Å². The zero-order valence-electron chi connectivity index (χ0n) is 18.8. The molecule has 0 aliphatic carbocycles. The molecule has 3 amide bonds. The van der Waals surface area contributed by atoms with Crippen LogP contribution in [0.2, 0.25) is 0 Å². The van der Waals surface area contributed by atoms with Crippen LogP contribution in [0.15, 0.2) is 59.6 Å². The van der Waals surface area contributed by atoms with Crippen LogP contribution in [0.5, 0.6) is 5.75 Å². The molecule has 0 saturated carbocycles. The molecule has 0 radical (unpaired) electrons. The summed E-state index contributed by atoms with van der Waals surface area (Å²) in [7, 11) is 1.61. The van der Waals surface area contributed by atoms with E-state index in [2.05, 4.69) is 15.6 Å². The third-order valence-electron chi connectivity index (χ3n) is 5.31. The topological polar surface area (TPSA) is 83.6 Å². The van der Waals surface area contributed by atoms with E-state index in [1.54, 1.807) is 48.0 Å². The number of rotatable bonds is 5. The zero-order chi connectivity index (χ0) is 23.4. The van der Waals surface area contributed by atoms with Gasteiger partial charge in [-0.15, -0.1) is 11.8 Å². The Balaban J connectivity index is 1.44. The van der Waals surface area contributed by atoms with E-state index in [0.29, 0.717) is 24.3 Å². The molecule has 1 aliphatic heterocycles. The van der Waals surface area contributed by atoms with E-state index >= 15 is 0 Å². The molecule has 2 heterocycles. The van der Waals surface area contributed by atoms with Crippen molar-refractivity contribution in [2.75, 3.05) is 29.6 Å². The number of nitrogens with zero attached hydrogens (tertiary/aromatic N) is 2. The van der Waals surface area contributed by atoms with Crippen molar-refractivity contribution in [3.63, 3.8) is 0 Å². The molecule has 0 atom stereocenters. The number of methoxy groups -OCH3 is 1. The summed E-state index contributed by atoms with van der Waals surface area (Å²) in [6, 6.07) is 16.2. The Labute approximate surface area is 197 Å². The first-order valence-electron chi connectivity index (χ1n) is 10.7. The molecule has 1 aromatic heterocycles. The van der Waals surface area contributed by atoms with Crippen LogP contribution in [0.3, 0.4) is 0 Å². The summed E-state index contributed by atoms with van der Waals surface area (Å²) < 4.78 is 5.22. The normalized spacial score (nSPS) is 12.6. The minimum atomic E-state index is -0.237. The van der Waals surface area contributed by atoms with Crippen LogP contribution in [0.4, 0.5) is 16.2 Å². The fourth-order valence-corrected chi connectivity index (χ4v) is 4.85. The molecule has 0 unspecified atom stereocenters. The lowest BCUT2D eigenvalue weighted by atomic mass is 10.1. The molecule has 0 bridgehead atoms. The Kier molecular flexibility index (Phi) is 6.84. The van der Waals surface area contributed by atoms with Gasteiger partial charge in [-0.25, -0.2) is 9.78 Å². The average molecular weight is 463 g/mol. The molecule has 0 saturated heterocycles. The second-order valence-electron chi connectivity index (χ2n) is 7.78. The quantitative estimate of drug-likeness (QED) is 0.570. The molecule has 33 heavy (non-hydrogen) atoms. The van der Waals surface area contributed by atoms with E-state index < -0.39 is 0 Å². The molecule has 3 aromatic rings. The third-order valence-corrected chi connectivity index (χ3v) is 6.26. The number of pyridine rings is 1. The van der Waals surface area contributed by atoms with E-state index in [0.717, 1.165) is 39.0 Å². The predicted molar refractivity (Wildman–Crippen MR) is 131 cm³/mol. The van der Waals surface area contributed by atoms with Crippen LogP contribution < -0.4 is 20.3 Å². The maximum Gasteiger partial charge on any atom is 0.326 e. The second kappa shape index (κ2) is 9.95. The minimum Gasteiger partial charge on any atom is -0.497 e. The molecule has 4 rings (SSSR count). The van der Waals surface area contributed by atoms with Crippen molar-refractivity contribution in [2.24, 2.45) is 0 Å². The van der Waals surface area contributed by atoms with E-state index in [-0.39, 0.29) is 11.9 Å². The first kappa shape index (κ1) is 22.7. The highest BCUT2D eigenvalue weighted by Crippen LogP contribution is 2.36. The Bertz CT molecular complexity index is 1200. The lowest BCUT2D eigenvalue weighted by Crippen LogP contribution is -2.39. The molecular formula is C25H26N4O3S. The smallest absolute Gasteiger partial charge is 0.326 e. The summed E-state index contributed by atoms with van der Waals surface area (Å²) in [6.45, 7) is 4.92. The molecular weight excluding hydrogens is 436 g/mol. The van der Waals surface area contributed by atoms with Gasteiger partial charge in [0, 0.05) is 35.8 Å². The average Bonchev–Trinajstić information content (AvgIpc) is 2.82. The van der Waals surface area contributed by atoms with Crippen LogP contribution in [0.25, 0.3) is 0 Å². The molecule has 170 valence electrons. The number of hydrogen-bond donors (Lipinski definition) is 2. The number of benzene rings is 2. The van der Waals surface area contributed by atoms with E-state index in [9.17, 15) is 9.59 Å². The Hall–Kier alpha value is -3.52. The van der Waals surface area contributed by atoms with E-state index in [1.165, 1.54) is 0 Å². The molecule has 1 aliphatic rings. The molecule has 7 nitrogen and oxygen atoms in total. The van der Waals surface area contributed by atoms with Crippen LogP contribution in [0, 0.1) is 13.8 Å². The number of fused-ring (bicyclic) bond motifs is 1. The Morgan fingerprint density at radius 1 is 1.12 bits per heavy atom. The van der Waals surface area contributed by atoms with Gasteiger partial charge in [0.2, 0.25) is 0 Å². The van der Waals surface area contributed by atoms with Gasteiger partial charge in [-0.2, -0.15) is 0 Å². The number of carbonyl (C=O) groups is 2. The van der Waals surface area contributed by atoms with Crippen molar-refractivity contribution in [2.45, 2.75) is 25.4 Å². The number of nitrogens with one attached hydrogen (secondary N) is 2. The largest absolute Gasteiger partial charge is 0.497 e. The standard InChI is InChI=1S/C25H26N4O3S/c1-16-12-17(2)27-24-22(16)29(10-11-33-24)25(31)28-20-8-5-7-19(14-20)23(30)26-15-18-6-4-9-21(13-18)32-3/h4-9,12-14H,10-11,15H2,1-3H3,(H,26,30)(H,28,31). The molecule has 8 heteroatoms. The maximum absolute atomic E-state index is 13.1. The van der Waals surface area contributed by atoms with Gasteiger partial charge in [-0.05, 0) is 61.4 Å². The highest BCUT2D eigenvalue weighted by Gasteiger charge is 2.26. The van der Waals surface area contributed by atoms with Gasteiger partial charge in [0.1, 0.15) is 10.8 Å². The SMILES string of the molecule is COc1cccc(CNC(=O)c2cccc(NC(=O)N3CCSc4nc(C)cc(C)c43)c2)c1. The summed E-state index contributed by atoms with van der Waals surface area (Å²) in [6.07, 6.45) is 0. The highest BCUT2D eigenvalue weighted by atomic mass is 32.2. The number of thioether (sulfide) groups is 1. The number of amides is 3. The van der Waals surface area contributed by atoms with Crippen LogP contribution in [0.1, 0.15) is 27.2 Å². The van der Waals surface area contributed by atoms with Gasteiger partial charge in [0.15, 0.2) is 0 Å². The van der Waals surface area contributed by atoms with Crippen LogP contribution in [-0.4, -0.2) is 36.3 Å². The summed E-state index contributed by atoms with van der Waals surface area (Å²) in [5, 5.41) is 6.71. The maximum atomic E-state index is 13.1. The number of hydrogen-bond acceptors (Lipinski definition) is 5.